The van der Waals surface area contributed by atoms with Crippen LogP contribution in [-0.4, -0.2) is 68.1 Å². The zero-order valence-corrected chi connectivity index (χ0v) is 17.6. The molecular weight excluding hydrogens is 410 g/mol. The maximum absolute atomic E-state index is 12.8. The van der Waals surface area contributed by atoms with E-state index < -0.39 is 6.04 Å². The summed E-state index contributed by atoms with van der Waals surface area (Å²) in [5.74, 6) is 1.19. The second-order valence-corrected chi connectivity index (χ2v) is 7.88. The average Bonchev–Trinajstić information content (AvgIpc) is 2.84. The van der Waals surface area contributed by atoms with Crippen LogP contribution in [-0.2, 0) is 9.59 Å². The van der Waals surface area contributed by atoms with Crippen molar-refractivity contribution in [3.63, 3.8) is 0 Å². The topological polar surface area (TPSA) is 95.5 Å². The van der Waals surface area contributed by atoms with Crippen molar-refractivity contribution in [2.45, 2.75) is 12.5 Å². The van der Waals surface area contributed by atoms with Crippen molar-refractivity contribution in [2.75, 3.05) is 49.6 Å². The van der Waals surface area contributed by atoms with Crippen LogP contribution in [0.1, 0.15) is 6.42 Å². The molecule has 1 saturated heterocycles. The number of benzene rings is 2. The number of para-hydroxylation sites is 1. The molecule has 0 radical (unpaired) electrons. The molecule has 2 amide bonds. The average molecular weight is 435 g/mol. The molecule has 0 bridgehead atoms. The maximum atomic E-state index is 12.8. The number of nitrogens with zero attached hydrogens (tertiary/aromatic N) is 3. The molecule has 1 unspecified atom stereocenters. The molecule has 166 valence electrons. The lowest BCUT2D eigenvalue weighted by Gasteiger charge is -2.38. The van der Waals surface area contributed by atoms with Crippen molar-refractivity contribution in [1.82, 2.24) is 10.2 Å². The summed E-state index contributed by atoms with van der Waals surface area (Å²) in [6, 6.07) is 14.7. The number of amides is 2. The smallest absolute Gasteiger partial charge is 0.249 e. The first kappa shape index (κ1) is 20.2. The van der Waals surface area contributed by atoms with E-state index in [9.17, 15) is 9.59 Å². The number of fused-ring (bicyclic) bond motifs is 1. The maximum Gasteiger partial charge on any atom is 0.249 e. The first-order chi connectivity index (χ1) is 15.7. The summed E-state index contributed by atoms with van der Waals surface area (Å²) in [5.41, 5.74) is 1.76. The SMILES string of the molecule is O=C1CC(C(=O)Nc2ccc3c(c2)OCCO3)N=C(N2CCN(c3ccccc3)CC2)N1. The minimum absolute atomic E-state index is 0.0177. The molecule has 3 aliphatic heterocycles. The zero-order chi connectivity index (χ0) is 21.9. The Morgan fingerprint density at radius 3 is 2.47 bits per heavy atom. The molecule has 2 aromatic rings. The van der Waals surface area contributed by atoms with Gasteiger partial charge in [0.05, 0.1) is 6.42 Å². The van der Waals surface area contributed by atoms with E-state index in [0.29, 0.717) is 49.4 Å². The predicted molar refractivity (Wildman–Crippen MR) is 120 cm³/mol. The summed E-state index contributed by atoms with van der Waals surface area (Å²) in [5, 5.41) is 5.68. The third kappa shape index (κ3) is 4.32. The van der Waals surface area contributed by atoms with Gasteiger partial charge in [0.25, 0.3) is 0 Å². The summed E-state index contributed by atoms with van der Waals surface area (Å²) in [6.07, 6.45) is 0.0177. The number of aliphatic imine (C=N–C) groups is 1. The Morgan fingerprint density at radius 1 is 0.969 bits per heavy atom. The number of piperazine rings is 1. The van der Waals surface area contributed by atoms with Gasteiger partial charge in [-0.2, -0.15) is 0 Å². The van der Waals surface area contributed by atoms with Gasteiger partial charge in [-0.1, -0.05) is 18.2 Å². The minimum atomic E-state index is -0.779. The Balaban J connectivity index is 1.24. The van der Waals surface area contributed by atoms with E-state index in [0.717, 1.165) is 13.1 Å². The van der Waals surface area contributed by atoms with Crippen LogP contribution in [0.2, 0.25) is 0 Å². The quantitative estimate of drug-likeness (QED) is 0.758. The van der Waals surface area contributed by atoms with E-state index in [1.807, 2.05) is 23.1 Å². The Morgan fingerprint density at radius 2 is 1.69 bits per heavy atom. The van der Waals surface area contributed by atoms with Gasteiger partial charge in [-0.05, 0) is 24.3 Å². The number of hydrogen-bond acceptors (Lipinski definition) is 7. The molecular formula is C23H25N5O4. The molecule has 2 aromatic carbocycles. The van der Waals surface area contributed by atoms with E-state index in [1.165, 1.54) is 5.69 Å². The van der Waals surface area contributed by atoms with Crippen LogP contribution >= 0.6 is 0 Å². The molecule has 3 aliphatic rings. The minimum Gasteiger partial charge on any atom is -0.486 e. The summed E-state index contributed by atoms with van der Waals surface area (Å²) in [4.78, 5) is 34.1. The van der Waals surface area contributed by atoms with Crippen LogP contribution in [0.25, 0.3) is 0 Å². The van der Waals surface area contributed by atoms with Crippen molar-refractivity contribution >= 4 is 29.1 Å². The first-order valence-corrected chi connectivity index (χ1v) is 10.8. The van der Waals surface area contributed by atoms with Gasteiger partial charge in [0.2, 0.25) is 17.8 Å². The van der Waals surface area contributed by atoms with Gasteiger partial charge in [0.1, 0.15) is 19.3 Å². The molecule has 9 heteroatoms. The molecule has 0 spiro atoms. The normalized spacial score (nSPS) is 20.3. The first-order valence-electron chi connectivity index (χ1n) is 10.8. The fraction of sp³-hybridized carbons (Fsp3) is 0.348. The standard InChI is InChI=1S/C23H25N5O4/c29-21-15-18(22(30)24-16-6-7-19-20(14-16)32-13-12-31-19)25-23(26-21)28-10-8-27(9-11-28)17-4-2-1-3-5-17/h1-7,14,18H,8-13,15H2,(H,24,30)(H,25,26,29). The molecule has 0 aliphatic carbocycles. The van der Waals surface area contributed by atoms with Crippen LogP contribution in [0.15, 0.2) is 53.5 Å². The highest BCUT2D eigenvalue weighted by atomic mass is 16.6. The van der Waals surface area contributed by atoms with Crippen molar-refractivity contribution in [1.29, 1.82) is 0 Å². The Bertz CT molecular complexity index is 1030. The third-order valence-corrected chi connectivity index (χ3v) is 5.72. The van der Waals surface area contributed by atoms with E-state index in [4.69, 9.17) is 9.47 Å². The lowest BCUT2D eigenvalue weighted by atomic mass is 10.1. The molecule has 5 rings (SSSR count). The molecule has 2 N–H and O–H groups in total. The van der Waals surface area contributed by atoms with Gasteiger partial charge < -0.3 is 24.6 Å². The monoisotopic (exact) mass is 435 g/mol. The molecule has 0 aromatic heterocycles. The fourth-order valence-corrected chi connectivity index (χ4v) is 4.05. The van der Waals surface area contributed by atoms with E-state index in [2.05, 4.69) is 32.7 Å². The summed E-state index contributed by atoms with van der Waals surface area (Å²) in [7, 11) is 0. The van der Waals surface area contributed by atoms with Crippen LogP contribution in [0.5, 0.6) is 11.5 Å². The van der Waals surface area contributed by atoms with Gasteiger partial charge in [0.15, 0.2) is 11.5 Å². The van der Waals surface area contributed by atoms with E-state index in [1.54, 1.807) is 18.2 Å². The van der Waals surface area contributed by atoms with Gasteiger partial charge in [-0.3, -0.25) is 14.9 Å². The molecule has 32 heavy (non-hydrogen) atoms. The highest BCUT2D eigenvalue weighted by Crippen LogP contribution is 2.32. The number of ether oxygens (including phenoxy) is 2. The van der Waals surface area contributed by atoms with Gasteiger partial charge in [-0.15, -0.1) is 0 Å². The molecule has 1 fully saturated rings. The van der Waals surface area contributed by atoms with Gasteiger partial charge in [-0.25, -0.2) is 4.99 Å². The van der Waals surface area contributed by atoms with Gasteiger partial charge in [0, 0.05) is 43.6 Å². The lowest BCUT2D eigenvalue weighted by molar-refractivity contribution is -0.125. The number of carbonyl (C=O) groups is 2. The number of nitrogens with one attached hydrogen (secondary N) is 2. The predicted octanol–water partition coefficient (Wildman–Crippen LogP) is 1.46. The number of guanidine groups is 1. The number of hydrogen-bond donors (Lipinski definition) is 2. The largest absolute Gasteiger partial charge is 0.486 e. The lowest BCUT2D eigenvalue weighted by Crippen LogP contribution is -2.56. The zero-order valence-electron chi connectivity index (χ0n) is 17.6. The van der Waals surface area contributed by atoms with Crippen molar-refractivity contribution < 1.29 is 19.1 Å². The van der Waals surface area contributed by atoms with Crippen molar-refractivity contribution in [3.05, 3.63) is 48.5 Å². The molecule has 0 saturated carbocycles. The van der Waals surface area contributed by atoms with Crippen molar-refractivity contribution in [2.24, 2.45) is 4.99 Å². The molecule has 9 nitrogen and oxygen atoms in total. The second kappa shape index (κ2) is 8.78. The van der Waals surface area contributed by atoms with Gasteiger partial charge >= 0.3 is 0 Å². The summed E-state index contributed by atoms with van der Waals surface area (Å²) < 4.78 is 11.1. The highest BCUT2D eigenvalue weighted by Gasteiger charge is 2.31. The van der Waals surface area contributed by atoms with Crippen LogP contribution in [0, 0.1) is 0 Å². The van der Waals surface area contributed by atoms with E-state index in [-0.39, 0.29) is 18.2 Å². The van der Waals surface area contributed by atoms with E-state index >= 15 is 0 Å². The summed E-state index contributed by atoms with van der Waals surface area (Å²) >= 11 is 0. The van der Waals surface area contributed by atoms with Crippen LogP contribution < -0.4 is 25.0 Å². The van der Waals surface area contributed by atoms with Crippen LogP contribution in [0.3, 0.4) is 0 Å². The Kier molecular flexibility index (Phi) is 5.53. The Labute approximate surface area is 186 Å². The Hall–Kier alpha value is -3.75. The molecule has 3 heterocycles. The third-order valence-electron chi connectivity index (χ3n) is 5.72. The summed E-state index contributed by atoms with van der Waals surface area (Å²) in [6.45, 7) is 4.03. The van der Waals surface area contributed by atoms with Crippen LogP contribution in [0.4, 0.5) is 11.4 Å². The number of rotatable bonds is 3. The second-order valence-electron chi connectivity index (χ2n) is 7.88. The van der Waals surface area contributed by atoms with Crippen molar-refractivity contribution in [3.8, 4) is 11.5 Å². The molecule has 1 atom stereocenters. The number of anilines is 2. The fourth-order valence-electron chi connectivity index (χ4n) is 4.05. The highest BCUT2D eigenvalue weighted by molar-refractivity contribution is 6.06. The number of carbonyl (C=O) groups excluding carboxylic acids is 2.